The Hall–Kier alpha value is -3.46. The quantitative estimate of drug-likeness (QED) is 0.505. The molecule has 3 aromatic rings. The smallest absolute Gasteiger partial charge is 0.273 e. The average Bonchev–Trinajstić information content (AvgIpc) is 2.77. The SMILES string of the molecule is COc1cc(CN(C)C(=O)c2nc(S(C)(=O)=O)ncc2-c2ccccc2C)cc(OC)c1. The number of methoxy groups -OCH3 is 2. The highest BCUT2D eigenvalue weighted by atomic mass is 32.2. The molecule has 0 atom stereocenters. The van der Waals surface area contributed by atoms with Crippen molar-refractivity contribution in [3.63, 3.8) is 0 Å². The van der Waals surface area contributed by atoms with Crippen molar-refractivity contribution in [2.24, 2.45) is 0 Å². The lowest BCUT2D eigenvalue weighted by atomic mass is 10.00. The number of carbonyl (C=O) groups is 1. The molecule has 0 saturated carbocycles. The summed E-state index contributed by atoms with van der Waals surface area (Å²) >= 11 is 0. The largest absolute Gasteiger partial charge is 0.497 e. The fourth-order valence-electron chi connectivity index (χ4n) is 3.26. The van der Waals surface area contributed by atoms with Crippen LogP contribution in [0.4, 0.5) is 0 Å². The molecule has 0 N–H and O–H groups in total. The Labute approximate surface area is 187 Å². The number of ether oxygens (including phenoxy) is 2. The minimum absolute atomic E-state index is 0.0205. The summed E-state index contributed by atoms with van der Waals surface area (Å²) in [6.45, 7) is 2.14. The molecule has 168 valence electrons. The van der Waals surface area contributed by atoms with Crippen molar-refractivity contribution >= 4 is 15.7 Å². The molecule has 0 radical (unpaired) electrons. The molecule has 32 heavy (non-hydrogen) atoms. The van der Waals surface area contributed by atoms with Crippen LogP contribution in [0.3, 0.4) is 0 Å². The highest BCUT2D eigenvalue weighted by Crippen LogP contribution is 2.28. The Balaban J connectivity index is 2.05. The summed E-state index contributed by atoms with van der Waals surface area (Å²) in [5.74, 6) is 0.765. The predicted octanol–water partition coefficient (Wildman–Crippen LogP) is 3.14. The summed E-state index contributed by atoms with van der Waals surface area (Å²) < 4.78 is 34.7. The van der Waals surface area contributed by atoms with E-state index in [0.29, 0.717) is 17.1 Å². The number of carbonyl (C=O) groups excluding carboxylic acids is 1. The normalized spacial score (nSPS) is 11.2. The molecule has 9 heteroatoms. The number of amides is 1. The Morgan fingerprint density at radius 2 is 1.66 bits per heavy atom. The van der Waals surface area contributed by atoms with Gasteiger partial charge in [0.2, 0.25) is 15.0 Å². The molecule has 0 aliphatic rings. The van der Waals surface area contributed by atoms with Crippen molar-refractivity contribution in [1.82, 2.24) is 14.9 Å². The molecule has 0 aliphatic carbocycles. The molecule has 0 unspecified atom stereocenters. The van der Waals surface area contributed by atoms with Crippen molar-refractivity contribution in [3.8, 4) is 22.6 Å². The number of benzene rings is 2. The molecular formula is C23H25N3O5S. The van der Waals surface area contributed by atoms with E-state index in [-0.39, 0.29) is 12.2 Å². The number of rotatable bonds is 7. The summed E-state index contributed by atoms with van der Waals surface area (Å²) in [5.41, 5.74) is 2.94. The first-order valence-corrected chi connectivity index (χ1v) is 11.6. The summed E-state index contributed by atoms with van der Waals surface area (Å²) in [4.78, 5) is 23.0. The molecule has 2 aromatic carbocycles. The molecule has 0 fully saturated rings. The lowest BCUT2D eigenvalue weighted by Gasteiger charge is -2.20. The lowest BCUT2D eigenvalue weighted by Crippen LogP contribution is -2.28. The van der Waals surface area contributed by atoms with E-state index in [9.17, 15) is 13.2 Å². The van der Waals surface area contributed by atoms with Gasteiger partial charge in [0.1, 0.15) is 17.2 Å². The first kappa shape index (κ1) is 23.2. The van der Waals surface area contributed by atoms with Crippen LogP contribution in [-0.2, 0) is 16.4 Å². The summed E-state index contributed by atoms with van der Waals surface area (Å²) in [5, 5.41) is -0.394. The second-order valence-corrected chi connectivity index (χ2v) is 9.29. The maximum Gasteiger partial charge on any atom is 0.273 e. The molecule has 0 bridgehead atoms. The molecule has 8 nitrogen and oxygen atoms in total. The first-order valence-electron chi connectivity index (χ1n) is 9.74. The van der Waals surface area contributed by atoms with Crippen molar-refractivity contribution in [2.45, 2.75) is 18.6 Å². The number of aromatic nitrogens is 2. The zero-order valence-corrected chi connectivity index (χ0v) is 19.4. The third-order valence-corrected chi connectivity index (χ3v) is 5.77. The van der Waals surface area contributed by atoms with Gasteiger partial charge in [0.25, 0.3) is 5.91 Å². The summed E-state index contributed by atoms with van der Waals surface area (Å²) in [6.07, 6.45) is 2.40. The van der Waals surface area contributed by atoms with Crippen LogP contribution >= 0.6 is 0 Å². The van der Waals surface area contributed by atoms with E-state index >= 15 is 0 Å². The Bertz CT molecular complexity index is 1240. The molecule has 1 heterocycles. The van der Waals surface area contributed by atoms with Gasteiger partial charge in [-0.25, -0.2) is 18.4 Å². The van der Waals surface area contributed by atoms with E-state index in [1.54, 1.807) is 39.5 Å². The summed E-state index contributed by atoms with van der Waals surface area (Å²) in [6, 6.07) is 12.8. The highest BCUT2D eigenvalue weighted by molar-refractivity contribution is 7.90. The van der Waals surface area contributed by atoms with Crippen molar-refractivity contribution in [3.05, 3.63) is 65.5 Å². The monoisotopic (exact) mass is 455 g/mol. The summed E-state index contributed by atoms with van der Waals surface area (Å²) in [7, 11) is 1.03. The fourth-order valence-corrected chi connectivity index (χ4v) is 3.76. The van der Waals surface area contributed by atoms with Gasteiger partial charge < -0.3 is 14.4 Å². The molecule has 1 aromatic heterocycles. The number of sulfone groups is 1. The standard InChI is InChI=1S/C23H25N3O5S/c1-15-8-6-7-9-19(15)20-13-24-23(32(5,28)29)25-21(20)22(27)26(2)14-16-10-17(30-3)12-18(11-16)31-4/h6-13H,14H2,1-5H3. The topological polar surface area (TPSA) is 98.7 Å². The number of aryl methyl sites for hydroxylation is 1. The van der Waals surface area contributed by atoms with E-state index in [2.05, 4.69) is 9.97 Å². The molecule has 3 rings (SSSR count). The van der Waals surface area contributed by atoms with Crippen LogP contribution in [-0.4, -0.2) is 56.7 Å². The minimum Gasteiger partial charge on any atom is -0.497 e. The van der Waals surface area contributed by atoms with E-state index in [1.807, 2.05) is 31.2 Å². The number of hydrogen-bond acceptors (Lipinski definition) is 7. The maximum atomic E-state index is 13.4. The van der Waals surface area contributed by atoms with Gasteiger partial charge in [0.05, 0.1) is 14.2 Å². The Morgan fingerprint density at radius 3 is 2.22 bits per heavy atom. The maximum absolute atomic E-state index is 13.4. The van der Waals surface area contributed by atoms with Crippen LogP contribution in [0.15, 0.2) is 53.8 Å². The van der Waals surface area contributed by atoms with Gasteiger partial charge in [-0.15, -0.1) is 0 Å². The first-order chi connectivity index (χ1) is 15.1. The van der Waals surface area contributed by atoms with Crippen LogP contribution in [0.5, 0.6) is 11.5 Å². The van der Waals surface area contributed by atoms with Crippen LogP contribution in [0.25, 0.3) is 11.1 Å². The number of hydrogen-bond donors (Lipinski definition) is 0. The van der Waals surface area contributed by atoms with E-state index in [4.69, 9.17) is 9.47 Å². The van der Waals surface area contributed by atoms with Crippen molar-refractivity contribution in [1.29, 1.82) is 0 Å². The molecule has 0 spiro atoms. The van der Waals surface area contributed by atoms with Gasteiger partial charge in [-0.05, 0) is 35.7 Å². The lowest BCUT2D eigenvalue weighted by molar-refractivity contribution is 0.0779. The minimum atomic E-state index is -3.70. The van der Waals surface area contributed by atoms with Crippen LogP contribution < -0.4 is 9.47 Å². The van der Waals surface area contributed by atoms with Gasteiger partial charge in [-0.2, -0.15) is 0 Å². The van der Waals surface area contributed by atoms with Crippen molar-refractivity contribution in [2.75, 3.05) is 27.5 Å². The van der Waals surface area contributed by atoms with Gasteiger partial charge in [0.15, 0.2) is 0 Å². The van der Waals surface area contributed by atoms with Crippen LogP contribution in [0.2, 0.25) is 0 Å². The molecule has 0 saturated heterocycles. The van der Waals surface area contributed by atoms with E-state index < -0.39 is 20.9 Å². The second kappa shape index (κ2) is 9.35. The Kier molecular flexibility index (Phi) is 6.78. The zero-order chi connectivity index (χ0) is 23.5. The van der Waals surface area contributed by atoms with Crippen LogP contribution in [0, 0.1) is 6.92 Å². The second-order valence-electron chi connectivity index (χ2n) is 7.38. The Morgan fingerprint density at radius 1 is 1.03 bits per heavy atom. The van der Waals surface area contributed by atoms with E-state index in [1.165, 1.54) is 11.1 Å². The molecule has 0 aliphatic heterocycles. The van der Waals surface area contributed by atoms with Gasteiger partial charge in [-0.3, -0.25) is 4.79 Å². The molecular weight excluding hydrogens is 430 g/mol. The van der Waals surface area contributed by atoms with Gasteiger partial charge in [-0.1, -0.05) is 24.3 Å². The van der Waals surface area contributed by atoms with Gasteiger partial charge >= 0.3 is 0 Å². The van der Waals surface area contributed by atoms with E-state index in [0.717, 1.165) is 22.9 Å². The van der Waals surface area contributed by atoms with Crippen LogP contribution in [0.1, 0.15) is 21.6 Å². The fraction of sp³-hybridized carbons (Fsp3) is 0.261. The zero-order valence-electron chi connectivity index (χ0n) is 18.6. The highest BCUT2D eigenvalue weighted by Gasteiger charge is 2.24. The molecule has 1 amide bonds. The predicted molar refractivity (Wildman–Crippen MR) is 121 cm³/mol. The third kappa shape index (κ3) is 5.05. The van der Waals surface area contributed by atoms with Gasteiger partial charge in [0, 0.05) is 37.7 Å². The third-order valence-electron chi connectivity index (χ3n) is 4.91. The van der Waals surface area contributed by atoms with Crippen molar-refractivity contribution < 1.29 is 22.7 Å². The number of nitrogens with zero attached hydrogens (tertiary/aromatic N) is 3. The average molecular weight is 456 g/mol.